The molecule has 2 amide bonds. The van der Waals surface area contributed by atoms with Gasteiger partial charge in [0.15, 0.2) is 0 Å². The molecule has 1 atom stereocenters. The number of aromatic nitrogens is 1. The van der Waals surface area contributed by atoms with Gasteiger partial charge in [-0.1, -0.05) is 24.3 Å². The molecule has 1 aromatic heterocycles. The maximum Gasteiger partial charge on any atom is 0.328 e. The number of aromatic amines is 1. The Morgan fingerprint density at radius 3 is 2.30 bits per heavy atom. The number of urea groups is 1. The first-order valence-electron chi connectivity index (χ1n) is 10.7. The van der Waals surface area contributed by atoms with E-state index in [-0.39, 0.29) is 17.9 Å². The lowest BCUT2D eigenvalue weighted by Crippen LogP contribution is -2.45. The van der Waals surface area contributed by atoms with E-state index in [2.05, 4.69) is 15.6 Å². The smallest absolute Gasteiger partial charge is 0.328 e. The first-order chi connectivity index (χ1) is 17.7. The second-order valence-corrected chi connectivity index (χ2v) is 7.77. The normalized spacial score (nSPS) is 11.7. The highest BCUT2D eigenvalue weighted by molar-refractivity contribution is 5.93. The van der Waals surface area contributed by atoms with Crippen molar-refractivity contribution >= 4 is 28.6 Å². The van der Waals surface area contributed by atoms with Crippen molar-refractivity contribution in [1.29, 1.82) is 0 Å². The van der Waals surface area contributed by atoms with Gasteiger partial charge in [0.2, 0.25) is 34.8 Å². The molecule has 37 heavy (non-hydrogen) atoms. The van der Waals surface area contributed by atoms with Crippen LogP contribution < -0.4 is 15.4 Å². The third kappa shape index (κ3) is 5.32. The van der Waals surface area contributed by atoms with Gasteiger partial charge in [-0.15, -0.1) is 0 Å². The summed E-state index contributed by atoms with van der Waals surface area (Å²) in [5, 5.41) is 5.76. The van der Waals surface area contributed by atoms with Crippen LogP contribution in [-0.4, -0.2) is 30.1 Å². The minimum absolute atomic E-state index is 0.0366. The lowest BCUT2D eigenvalue weighted by molar-refractivity contribution is -0.142. The number of carbonyl (C=O) groups is 2. The zero-order valence-electron chi connectivity index (χ0n) is 19.0. The summed E-state index contributed by atoms with van der Waals surface area (Å²) < 4.78 is 77.7. The van der Waals surface area contributed by atoms with E-state index < -0.39 is 52.9 Å². The van der Waals surface area contributed by atoms with Crippen molar-refractivity contribution in [3.8, 4) is 11.5 Å². The van der Waals surface area contributed by atoms with Crippen LogP contribution in [0.5, 0.6) is 11.5 Å². The molecule has 3 N–H and O–H groups in total. The molecule has 7 nitrogen and oxygen atoms in total. The van der Waals surface area contributed by atoms with Crippen LogP contribution in [0.1, 0.15) is 5.56 Å². The number of ether oxygens (including phenoxy) is 2. The van der Waals surface area contributed by atoms with Crippen LogP contribution in [0.2, 0.25) is 0 Å². The maximum atomic E-state index is 13.9. The summed E-state index contributed by atoms with van der Waals surface area (Å²) in [5.74, 6) is -13.5. The summed E-state index contributed by atoms with van der Waals surface area (Å²) in [7, 11) is 1.17. The van der Waals surface area contributed by atoms with Crippen molar-refractivity contribution in [3.05, 3.63) is 89.4 Å². The molecular formula is C25H18F5N3O4. The first kappa shape index (κ1) is 25.5. The first-order valence-corrected chi connectivity index (χ1v) is 10.7. The van der Waals surface area contributed by atoms with Gasteiger partial charge in [0.1, 0.15) is 11.8 Å². The minimum Gasteiger partial charge on any atom is -0.467 e. The third-order valence-corrected chi connectivity index (χ3v) is 5.37. The van der Waals surface area contributed by atoms with Crippen LogP contribution in [0.15, 0.2) is 54.7 Å². The molecule has 0 aliphatic heterocycles. The molecule has 0 aliphatic rings. The Morgan fingerprint density at radius 1 is 0.919 bits per heavy atom. The Morgan fingerprint density at radius 2 is 1.59 bits per heavy atom. The highest BCUT2D eigenvalue weighted by Crippen LogP contribution is 2.33. The SMILES string of the molecule is COC(=O)[C@@H](Cc1c[nH]c2ccccc12)NC(=O)Nc1cccc(Oc2c(F)c(F)c(F)c(F)c2F)c1. The number of para-hydroxylation sites is 1. The van der Waals surface area contributed by atoms with Crippen molar-refractivity contribution in [1.82, 2.24) is 10.3 Å². The van der Waals surface area contributed by atoms with Crippen molar-refractivity contribution in [2.75, 3.05) is 12.4 Å². The van der Waals surface area contributed by atoms with E-state index in [1.165, 1.54) is 25.3 Å². The lowest BCUT2D eigenvalue weighted by atomic mass is 10.1. The van der Waals surface area contributed by atoms with Gasteiger partial charge in [-0.25, -0.2) is 22.8 Å². The van der Waals surface area contributed by atoms with Crippen LogP contribution in [0, 0.1) is 29.1 Å². The van der Waals surface area contributed by atoms with Crippen LogP contribution in [0.3, 0.4) is 0 Å². The largest absolute Gasteiger partial charge is 0.467 e. The highest BCUT2D eigenvalue weighted by atomic mass is 19.2. The van der Waals surface area contributed by atoms with E-state index in [1.54, 1.807) is 6.20 Å². The quantitative estimate of drug-likeness (QED) is 0.129. The molecule has 0 bridgehead atoms. The Balaban J connectivity index is 1.49. The summed E-state index contributed by atoms with van der Waals surface area (Å²) in [6, 6.07) is 10.4. The van der Waals surface area contributed by atoms with E-state index in [1.807, 2.05) is 24.3 Å². The van der Waals surface area contributed by atoms with Crippen molar-refractivity contribution in [2.24, 2.45) is 0 Å². The number of H-pyrrole nitrogens is 1. The Kier molecular flexibility index (Phi) is 7.27. The van der Waals surface area contributed by atoms with Gasteiger partial charge in [0.25, 0.3) is 0 Å². The molecule has 12 heteroatoms. The standard InChI is InChI=1S/C25H18F5N3O4/c1-36-24(34)17(9-12-11-31-16-8-3-2-7-15(12)16)33-25(35)32-13-5-4-6-14(10-13)37-23-21(29)19(27)18(26)20(28)22(23)30/h2-8,10-11,17,31H,9H2,1H3,(H2,32,33,35)/t17-/m1/s1. The average Bonchev–Trinajstić information content (AvgIpc) is 3.31. The van der Waals surface area contributed by atoms with E-state index in [0.29, 0.717) is 0 Å². The second kappa shape index (κ2) is 10.6. The topological polar surface area (TPSA) is 92.5 Å². The number of hydrogen-bond donors (Lipinski definition) is 3. The Hall–Kier alpha value is -4.61. The summed E-state index contributed by atoms with van der Waals surface area (Å²) in [6.07, 6.45) is 1.81. The fraction of sp³-hybridized carbons (Fsp3) is 0.120. The van der Waals surface area contributed by atoms with Crippen molar-refractivity contribution < 1.29 is 41.0 Å². The predicted molar refractivity (Wildman–Crippen MR) is 123 cm³/mol. The number of carbonyl (C=O) groups excluding carboxylic acids is 2. The number of benzene rings is 3. The molecule has 0 saturated heterocycles. The number of halogens is 5. The summed E-state index contributed by atoms with van der Waals surface area (Å²) in [5.41, 5.74) is 1.63. The fourth-order valence-electron chi connectivity index (χ4n) is 3.61. The molecule has 0 aliphatic carbocycles. The van der Waals surface area contributed by atoms with Crippen LogP contribution in [-0.2, 0) is 16.0 Å². The third-order valence-electron chi connectivity index (χ3n) is 5.37. The van der Waals surface area contributed by atoms with Gasteiger partial charge in [-0.05, 0) is 23.8 Å². The lowest BCUT2D eigenvalue weighted by Gasteiger charge is -2.17. The molecule has 4 rings (SSSR count). The molecule has 0 fully saturated rings. The molecule has 0 spiro atoms. The van der Waals surface area contributed by atoms with Gasteiger partial charge in [0.05, 0.1) is 7.11 Å². The average molecular weight is 519 g/mol. The van der Waals surface area contributed by atoms with Gasteiger partial charge in [0, 0.05) is 35.3 Å². The fourth-order valence-corrected chi connectivity index (χ4v) is 3.61. The molecule has 3 aromatic carbocycles. The van der Waals surface area contributed by atoms with Crippen LogP contribution in [0.4, 0.5) is 32.4 Å². The summed E-state index contributed by atoms with van der Waals surface area (Å²) >= 11 is 0. The summed E-state index contributed by atoms with van der Waals surface area (Å²) in [6.45, 7) is 0. The Bertz CT molecular complexity index is 1460. The van der Waals surface area contributed by atoms with Gasteiger partial charge in [-0.3, -0.25) is 0 Å². The van der Waals surface area contributed by atoms with E-state index in [9.17, 15) is 31.5 Å². The van der Waals surface area contributed by atoms with Crippen LogP contribution in [0.25, 0.3) is 10.9 Å². The number of esters is 1. The Labute approximate surface area is 206 Å². The van der Waals surface area contributed by atoms with Gasteiger partial charge < -0.3 is 25.1 Å². The van der Waals surface area contributed by atoms with E-state index >= 15 is 0 Å². The number of amides is 2. The number of nitrogens with one attached hydrogen (secondary N) is 3. The predicted octanol–water partition coefficient (Wildman–Crippen LogP) is 5.56. The highest BCUT2D eigenvalue weighted by Gasteiger charge is 2.28. The molecule has 192 valence electrons. The molecule has 0 unspecified atom stereocenters. The molecule has 0 saturated carbocycles. The van der Waals surface area contributed by atoms with Crippen LogP contribution >= 0.6 is 0 Å². The number of fused-ring (bicyclic) bond motifs is 1. The van der Waals surface area contributed by atoms with Crippen molar-refractivity contribution in [3.63, 3.8) is 0 Å². The molecule has 4 aromatic rings. The summed E-state index contributed by atoms with van der Waals surface area (Å²) in [4.78, 5) is 28.0. The van der Waals surface area contributed by atoms with E-state index in [4.69, 9.17) is 9.47 Å². The molecule has 0 radical (unpaired) electrons. The van der Waals surface area contributed by atoms with Crippen molar-refractivity contribution in [2.45, 2.75) is 12.5 Å². The minimum atomic E-state index is -2.32. The monoisotopic (exact) mass is 519 g/mol. The molecule has 1 heterocycles. The maximum absolute atomic E-state index is 13.9. The number of methoxy groups -OCH3 is 1. The zero-order valence-corrected chi connectivity index (χ0v) is 19.0. The van der Waals surface area contributed by atoms with Gasteiger partial charge >= 0.3 is 12.0 Å². The number of hydrogen-bond acceptors (Lipinski definition) is 4. The molecular weight excluding hydrogens is 501 g/mol. The van der Waals surface area contributed by atoms with Gasteiger partial charge in [-0.2, -0.15) is 8.78 Å². The van der Waals surface area contributed by atoms with E-state index in [0.717, 1.165) is 22.5 Å². The zero-order chi connectivity index (χ0) is 26.7. The number of anilines is 1. The number of rotatable bonds is 7. The second-order valence-electron chi connectivity index (χ2n) is 7.77.